The molecule has 1 aromatic carbocycles. The number of alkyl halides is 3. The van der Waals surface area contributed by atoms with E-state index >= 15 is 0 Å². The smallest absolute Gasteiger partial charge is 0.406 e. The molecule has 1 heterocycles. The molecular weight excluding hydrogens is 349 g/mol. The molecule has 3 atom stereocenters. The third kappa shape index (κ3) is 5.85. The van der Waals surface area contributed by atoms with E-state index in [9.17, 15) is 18.0 Å². The normalized spacial score (nSPS) is 22.2. The first-order valence-corrected chi connectivity index (χ1v) is 7.27. The number of carbonyl (C=O) groups excluding carboxylic acids is 1. The number of benzene rings is 1. The van der Waals surface area contributed by atoms with Gasteiger partial charge in [-0.1, -0.05) is 12.1 Å². The Balaban J connectivity index is 0.00000288. The van der Waals surface area contributed by atoms with Crippen molar-refractivity contribution in [3.8, 4) is 5.75 Å². The molecule has 0 aromatic heterocycles. The fourth-order valence-corrected chi connectivity index (χ4v) is 2.39. The Bertz CT molecular complexity index is 557. The second-order valence-electron chi connectivity index (χ2n) is 5.36. The van der Waals surface area contributed by atoms with Crippen LogP contribution in [0.2, 0.25) is 0 Å². The Morgan fingerprint density at radius 1 is 1.46 bits per heavy atom. The molecule has 5 nitrogen and oxygen atoms in total. The molecule has 1 fully saturated rings. The standard InChI is InChI=1S/C15H19F3N2O3.ClH/c1-9(20-14(21)13-10(2)22-7-6-19-13)11-4-3-5-12(8-11)23-15(16,17)18;/h3-5,8-10,13,19H,6-7H2,1-2H3,(H,20,21);1H/t9?,10-,13+;/m1./s1. The van der Waals surface area contributed by atoms with Gasteiger partial charge in [0.25, 0.3) is 0 Å². The molecular formula is C15H20ClF3N2O3. The molecule has 0 radical (unpaired) electrons. The molecule has 0 spiro atoms. The lowest BCUT2D eigenvalue weighted by Gasteiger charge is -2.30. The SMILES string of the molecule is CC(NC(=O)[C@H]1NCCO[C@@H]1C)c1cccc(OC(F)(F)F)c1.Cl. The van der Waals surface area contributed by atoms with E-state index in [-0.39, 0.29) is 30.2 Å². The summed E-state index contributed by atoms with van der Waals surface area (Å²) in [6, 6.07) is 4.60. The summed E-state index contributed by atoms with van der Waals surface area (Å²) in [4.78, 5) is 12.2. The number of nitrogens with one attached hydrogen (secondary N) is 2. The zero-order chi connectivity index (χ0) is 17.0. The first kappa shape index (κ1) is 20.5. The van der Waals surface area contributed by atoms with Gasteiger partial charge >= 0.3 is 6.36 Å². The summed E-state index contributed by atoms with van der Waals surface area (Å²) in [7, 11) is 0. The van der Waals surface area contributed by atoms with Gasteiger partial charge in [-0.3, -0.25) is 4.79 Å². The Labute approximate surface area is 144 Å². The molecule has 1 aromatic rings. The van der Waals surface area contributed by atoms with E-state index in [0.29, 0.717) is 18.7 Å². The van der Waals surface area contributed by atoms with Gasteiger partial charge in [0.1, 0.15) is 11.8 Å². The molecule has 136 valence electrons. The highest BCUT2D eigenvalue weighted by molar-refractivity contribution is 5.85. The van der Waals surface area contributed by atoms with E-state index in [0.717, 1.165) is 0 Å². The molecule has 1 aliphatic rings. The first-order chi connectivity index (χ1) is 10.8. The predicted molar refractivity (Wildman–Crippen MR) is 84.1 cm³/mol. The molecule has 0 aliphatic carbocycles. The number of hydrogen-bond donors (Lipinski definition) is 2. The zero-order valence-corrected chi connectivity index (χ0v) is 14.0. The third-order valence-electron chi connectivity index (χ3n) is 3.55. The van der Waals surface area contributed by atoms with Gasteiger partial charge in [0.2, 0.25) is 5.91 Å². The molecule has 9 heteroatoms. The van der Waals surface area contributed by atoms with Gasteiger partial charge in [-0.15, -0.1) is 25.6 Å². The monoisotopic (exact) mass is 368 g/mol. The number of ether oxygens (including phenoxy) is 2. The van der Waals surface area contributed by atoms with Crippen molar-refractivity contribution in [1.82, 2.24) is 10.6 Å². The lowest BCUT2D eigenvalue weighted by atomic mass is 10.1. The average Bonchev–Trinajstić information content (AvgIpc) is 2.46. The quantitative estimate of drug-likeness (QED) is 0.857. The van der Waals surface area contributed by atoms with E-state index < -0.39 is 18.4 Å². The Hall–Kier alpha value is -1.51. The van der Waals surface area contributed by atoms with Crippen molar-refractivity contribution in [1.29, 1.82) is 0 Å². The Kier molecular flexibility index (Phi) is 7.31. The fourth-order valence-electron chi connectivity index (χ4n) is 2.39. The molecule has 2 rings (SSSR count). The zero-order valence-electron chi connectivity index (χ0n) is 13.2. The number of halogens is 4. The number of rotatable bonds is 4. The van der Waals surface area contributed by atoms with Crippen LogP contribution in [0, 0.1) is 0 Å². The summed E-state index contributed by atoms with van der Waals surface area (Å²) in [5, 5.41) is 5.83. The van der Waals surface area contributed by atoms with Crippen LogP contribution < -0.4 is 15.4 Å². The number of morpholine rings is 1. The summed E-state index contributed by atoms with van der Waals surface area (Å²) >= 11 is 0. The largest absolute Gasteiger partial charge is 0.573 e. The van der Waals surface area contributed by atoms with E-state index in [1.165, 1.54) is 18.2 Å². The minimum Gasteiger partial charge on any atom is -0.406 e. The first-order valence-electron chi connectivity index (χ1n) is 7.27. The van der Waals surface area contributed by atoms with Crippen LogP contribution in [0.3, 0.4) is 0 Å². The van der Waals surface area contributed by atoms with Crippen LogP contribution in [-0.4, -0.2) is 37.6 Å². The maximum Gasteiger partial charge on any atom is 0.573 e. The summed E-state index contributed by atoms with van der Waals surface area (Å²) < 4.78 is 46.1. The molecule has 24 heavy (non-hydrogen) atoms. The molecule has 2 N–H and O–H groups in total. The topological polar surface area (TPSA) is 59.6 Å². The lowest BCUT2D eigenvalue weighted by molar-refractivity contribution is -0.274. The number of carbonyl (C=O) groups is 1. The van der Waals surface area contributed by atoms with Crippen LogP contribution >= 0.6 is 12.4 Å². The Morgan fingerprint density at radius 3 is 2.79 bits per heavy atom. The lowest BCUT2D eigenvalue weighted by Crippen LogP contribution is -2.55. The van der Waals surface area contributed by atoms with Crippen LogP contribution in [0.1, 0.15) is 25.5 Å². The van der Waals surface area contributed by atoms with Crippen LogP contribution in [0.4, 0.5) is 13.2 Å². The minimum absolute atomic E-state index is 0. The Morgan fingerprint density at radius 2 is 2.17 bits per heavy atom. The van der Waals surface area contributed by atoms with Crippen molar-refractivity contribution in [2.24, 2.45) is 0 Å². The predicted octanol–water partition coefficient (Wildman–Crippen LogP) is 2.56. The van der Waals surface area contributed by atoms with Gasteiger partial charge in [-0.25, -0.2) is 0 Å². The summed E-state index contributed by atoms with van der Waals surface area (Å²) in [6.07, 6.45) is -5.01. The van der Waals surface area contributed by atoms with Gasteiger partial charge in [0.15, 0.2) is 0 Å². The summed E-state index contributed by atoms with van der Waals surface area (Å²) in [6.45, 7) is 4.60. The molecule has 1 aliphatic heterocycles. The van der Waals surface area contributed by atoms with Crippen molar-refractivity contribution in [3.05, 3.63) is 29.8 Å². The van der Waals surface area contributed by atoms with Crippen LogP contribution in [-0.2, 0) is 9.53 Å². The maximum absolute atomic E-state index is 12.3. The highest BCUT2D eigenvalue weighted by Gasteiger charge is 2.32. The maximum atomic E-state index is 12.3. The highest BCUT2D eigenvalue weighted by atomic mass is 35.5. The molecule has 0 saturated carbocycles. The summed E-state index contributed by atoms with van der Waals surface area (Å²) in [5.74, 6) is -0.574. The van der Waals surface area contributed by atoms with Crippen molar-refractivity contribution in [2.75, 3.05) is 13.2 Å². The van der Waals surface area contributed by atoms with Crippen LogP contribution in [0.5, 0.6) is 5.75 Å². The van der Waals surface area contributed by atoms with Gasteiger partial charge in [0, 0.05) is 6.54 Å². The average molecular weight is 369 g/mol. The van der Waals surface area contributed by atoms with Gasteiger partial charge in [-0.2, -0.15) is 0 Å². The number of hydrogen-bond acceptors (Lipinski definition) is 4. The fraction of sp³-hybridized carbons (Fsp3) is 0.533. The van der Waals surface area contributed by atoms with Crippen molar-refractivity contribution < 1.29 is 27.4 Å². The van der Waals surface area contributed by atoms with Crippen molar-refractivity contribution in [2.45, 2.75) is 38.4 Å². The second kappa shape index (κ2) is 8.55. The van der Waals surface area contributed by atoms with Gasteiger partial charge < -0.3 is 20.1 Å². The van der Waals surface area contributed by atoms with Gasteiger partial charge in [0.05, 0.1) is 18.8 Å². The minimum atomic E-state index is -4.75. The van der Waals surface area contributed by atoms with E-state index in [1.807, 2.05) is 0 Å². The van der Waals surface area contributed by atoms with E-state index in [1.54, 1.807) is 19.9 Å². The van der Waals surface area contributed by atoms with E-state index in [4.69, 9.17) is 4.74 Å². The molecule has 1 unspecified atom stereocenters. The van der Waals surface area contributed by atoms with Gasteiger partial charge in [-0.05, 0) is 31.5 Å². The number of amides is 1. The van der Waals surface area contributed by atoms with Crippen molar-refractivity contribution >= 4 is 18.3 Å². The highest BCUT2D eigenvalue weighted by Crippen LogP contribution is 2.25. The molecule has 1 amide bonds. The van der Waals surface area contributed by atoms with E-state index in [2.05, 4.69) is 15.4 Å². The molecule has 0 bridgehead atoms. The molecule has 1 saturated heterocycles. The van der Waals surface area contributed by atoms with Crippen LogP contribution in [0.15, 0.2) is 24.3 Å². The van der Waals surface area contributed by atoms with Crippen LogP contribution in [0.25, 0.3) is 0 Å². The second-order valence-corrected chi connectivity index (χ2v) is 5.36. The summed E-state index contributed by atoms with van der Waals surface area (Å²) in [5.41, 5.74) is 0.518. The van der Waals surface area contributed by atoms with Crippen molar-refractivity contribution in [3.63, 3.8) is 0 Å². The third-order valence-corrected chi connectivity index (χ3v) is 3.55.